The van der Waals surface area contributed by atoms with Crippen LogP contribution < -0.4 is 4.90 Å². The van der Waals surface area contributed by atoms with Gasteiger partial charge in [-0.05, 0) is 65.0 Å². The van der Waals surface area contributed by atoms with Gasteiger partial charge in [-0.2, -0.15) is 0 Å². The average Bonchev–Trinajstić information content (AvgIpc) is 3.35. The minimum atomic E-state index is 0.687. The fourth-order valence-corrected chi connectivity index (χ4v) is 8.53. The number of fused-ring (bicyclic) bond motifs is 5. The van der Waals surface area contributed by atoms with Crippen molar-refractivity contribution in [1.29, 1.82) is 0 Å². The zero-order valence-corrected chi connectivity index (χ0v) is 33.2. The highest BCUT2D eigenvalue weighted by atomic mass is 15.1. The van der Waals surface area contributed by atoms with Crippen molar-refractivity contribution in [2.24, 2.45) is 0 Å². The second-order valence-electron chi connectivity index (χ2n) is 15.2. The lowest BCUT2D eigenvalue weighted by atomic mass is 9.92. The number of pyridine rings is 1. The monoisotopic (exact) mass is 778 g/mol. The number of rotatable bonds is 8. The molecule has 11 aromatic rings. The molecule has 0 radical (unpaired) electrons. The van der Waals surface area contributed by atoms with E-state index in [2.05, 4.69) is 223 Å². The van der Waals surface area contributed by atoms with Gasteiger partial charge in [0.2, 0.25) is 0 Å². The van der Waals surface area contributed by atoms with Gasteiger partial charge in [0.15, 0.2) is 5.82 Å². The van der Waals surface area contributed by atoms with Crippen LogP contribution in [0.15, 0.2) is 231 Å². The first-order valence-electron chi connectivity index (χ1n) is 20.6. The molecule has 0 bridgehead atoms. The maximum atomic E-state index is 5.34. The Morgan fingerprint density at radius 3 is 1.43 bits per heavy atom. The van der Waals surface area contributed by atoms with Crippen LogP contribution in [0.5, 0.6) is 0 Å². The molecular formula is C57H38N4. The summed E-state index contributed by atoms with van der Waals surface area (Å²) in [6, 6.07) is 80.8. The Labute approximate surface area is 354 Å². The highest BCUT2D eigenvalue weighted by Gasteiger charge is 2.19. The summed E-state index contributed by atoms with van der Waals surface area (Å²) in [4.78, 5) is 18.2. The van der Waals surface area contributed by atoms with Crippen molar-refractivity contribution < 1.29 is 0 Å². The number of benzene rings is 9. The number of nitrogens with zero attached hydrogens (tertiary/aromatic N) is 4. The third kappa shape index (κ3) is 6.76. The van der Waals surface area contributed by atoms with Crippen LogP contribution in [-0.2, 0) is 0 Å². The van der Waals surface area contributed by atoms with Gasteiger partial charge in [-0.3, -0.25) is 0 Å². The molecule has 0 amide bonds. The predicted octanol–water partition coefficient (Wildman–Crippen LogP) is 15.1. The first-order chi connectivity index (χ1) is 30.2. The van der Waals surface area contributed by atoms with Crippen LogP contribution in [0.1, 0.15) is 0 Å². The molecule has 2 aromatic heterocycles. The molecule has 0 aliphatic carbocycles. The number of hydrogen-bond acceptors (Lipinski definition) is 4. The van der Waals surface area contributed by atoms with E-state index in [1.807, 2.05) is 12.1 Å². The van der Waals surface area contributed by atoms with Gasteiger partial charge in [0.1, 0.15) is 0 Å². The Morgan fingerprint density at radius 2 is 0.820 bits per heavy atom. The number of anilines is 3. The highest BCUT2D eigenvalue weighted by Crippen LogP contribution is 2.42. The summed E-state index contributed by atoms with van der Waals surface area (Å²) in [5.74, 6) is 0.687. The highest BCUT2D eigenvalue weighted by molar-refractivity contribution is 6.25. The van der Waals surface area contributed by atoms with Gasteiger partial charge in [-0.25, -0.2) is 15.0 Å². The summed E-state index contributed by atoms with van der Waals surface area (Å²) in [5, 5.41) is 5.56. The third-order valence-electron chi connectivity index (χ3n) is 11.5. The molecule has 9 aromatic carbocycles. The molecule has 0 fully saturated rings. The quantitative estimate of drug-likeness (QED) is 0.144. The minimum Gasteiger partial charge on any atom is -0.311 e. The Hall–Kier alpha value is -8.21. The Kier molecular flexibility index (Phi) is 9.14. The van der Waals surface area contributed by atoms with Gasteiger partial charge in [0.25, 0.3) is 0 Å². The van der Waals surface area contributed by atoms with Crippen molar-refractivity contribution in [3.8, 4) is 56.3 Å². The molecule has 286 valence electrons. The largest absolute Gasteiger partial charge is 0.311 e. The van der Waals surface area contributed by atoms with Gasteiger partial charge in [0.05, 0.1) is 22.6 Å². The van der Waals surface area contributed by atoms with E-state index in [1.54, 1.807) is 0 Å². The lowest BCUT2D eigenvalue weighted by molar-refractivity contribution is 1.19. The average molecular weight is 779 g/mol. The molecule has 0 atom stereocenters. The van der Waals surface area contributed by atoms with Crippen LogP contribution >= 0.6 is 0 Å². The molecule has 0 saturated heterocycles. The summed E-state index contributed by atoms with van der Waals surface area (Å²) in [6.45, 7) is 0. The van der Waals surface area contributed by atoms with E-state index in [9.17, 15) is 0 Å². The van der Waals surface area contributed by atoms with Crippen LogP contribution in [0, 0.1) is 0 Å². The normalized spacial score (nSPS) is 11.3. The molecule has 4 heteroatoms. The van der Waals surface area contributed by atoms with E-state index < -0.39 is 0 Å². The summed E-state index contributed by atoms with van der Waals surface area (Å²) in [5.41, 5.74) is 13.4. The van der Waals surface area contributed by atoms with Crippen molar-refractivity contribution in [2.45, 2.75) is 0 Å². The lowest BCUT2D eigenvalue weighted by Crippen LogP contribution is -2.09. The van der Waals surface area contributed by atoms with Crippen LogP contribution in [0.3, 0.4) is 0 Å². The van der Waals surface area contributed by atoms with Gasteiger partial charge < -0.3 is 4.90 Å². The molecular weight excluding hydrogens is 741 g/mol. The van der Waals surface area contributed by atoms with Crippen molar-refractivity contribution in [1.82, 2.24) is 15.0 Å². The topological polar surface area (TPSA) is 41.9 Å². The first kappa shape index (κ1) is 35.9. The molecule has 0 N–H and O–H groups in total. The van der Waals surface area contributed by atoms with Crippen molar-refractivity contribution >= 4 is 49.5 Å². The molecule has 11 rings (SSSR count). The molecule has 0 aliphatic heterocycles. The molecule has 0 unspecified atom stereocenters. The van der Waals surface area contributed by atoms with E-state index >= 15 is 0 Å². The summed E-state index contributed by atoms with van der Waals surface area (Å²) >= 11 is 0. The van der Waals surface area contributed by atoms with E-state index in [-0.39, 0.29) is 0 Å². The minimum absolute atomic E-state index is 0.687. The van der Waals surface area contributed by atoms with Crippen LogP contribution in [0.2, 0.25) is 0 Å². The maximum absolute atomic E-state index is 5.34. The number of aromatic nitrogens is 3. The van der Waals surface area contributed by atoms with Gasteiger partial charge in [0, 0.05) is 60.9 Å². The van der Waals surface area contributed by atoms with Gasteiger partial charge >= 0.3 is 0 Å². The predicted molar refractivity (Wildman–Crippen MR) is 254 cm³/mol. The fraction of sp³-hybridized carbons (Fsp3) is 0. The SMILES string of the molecule is c1ccc(-c2cc(-c3ccccc3)nc(-c3cccc4ccc5c(-c6ccc(-c7ccc(N(c8ccccc8)c8ccccc8)cc7)cc6)nc6ccccc6c5c34)n2)cc1. The Morgan fingerprint density at radius 1 is 0.311 bits per heavy atom. The molecule has 0 spiro atoms. The van der Waals surface area contributed by atoms with Crippen molar-refractivity contribution in [3.05, 3.63) is 231 Å². The third-order valence-corrected chi connectivity index (χ3v) is 11.5. The molecule has 0 saturated carbocycles. The summed E-state index contributed by atoms with van der Waals surface area (Å²) < 4.78 is 0. The summed E-state index contributed by atoms with van der Waals surface area (Å²) in [6.07, 6.45) is 0. The lowest BCUT2D eigenvalue weighted by Gasteiger charge is -2.25. The molecule has 0 aliphatic rings. The van der Waals surface area contributed by atoms with E-state index in [0.717, 1.165) is 100.0 Å². The zero-order chi connectivity index (χ0) is 40.5. The van der Waals surface area contributed by atoms with E-state index in [4.69, 9.17) is 15.0 Å². The first-order valence-corrected chi connectivity index (χ1v) is 20.6. The molecule has 2 heterocycles. The number of para-hydroxylation sites is 3. The second kappa shape index (κ2) is 15.5. The second-order valence-corrected chi connectivity index (χ2v) is 15.2. The number of hydrogen-bond donors (Lipinski definition) is 0. The maximum Gasteiger partial charge on any atom is 0.161 e. The Balaban J connectivity index is 1.03. The summed E-state index contributed by atoms with van der Waals surface area (Å²) in [7, 11) is 0. The molecule has 61 heavy (non-hydrogen) atoms. The molecule has 4 nitrogen and oxygen atoms in total. The standard InChI is InChI=1S/C57H38N4/c1-5-16-41(17-6-1)52-38-53(42-18-7-2-8-19-42)60-57(59-52)50-26-15-20-43-34-37-49-55(54(43)50)48-25-13-14-27-51(48)58-56(49)44-30-28-39(29-31-44)40-32-35-47(36-33-40)61(45-21-9-3-10-22-45)46-23-11-4-12-24-46/h1-38H. The van der Waals surface area contributed by atoms with Crippen molar-refractivity contribution in [3.63, 3.8) is 0 Å². The van der Waals surface area contributed by atoms with Crippen LogP contribution in [0.25, 0.3) is 88.7 Å². The van der Waals surface area contributed by atoms with E-state index in [1.165, 1.54) is 0 Å². The Bertz CT molecular complexity index is 3220. The fourth-order valence-electron chi connectivity index (χ4n) is 8.53. The zero-order valence-electron chi connectivity index (χ0n) is 33.2. The van der Waals surface area contributed by atoms with Gasteiger partial charge in [-0.15, -0.1) is 0 Å². The van der Waals surface area contributed by atoms with Gasteiger partial charge in [-0.1, -0.05) is 182 Å². The smallest absolute Gasteiger partial charge is 0.161 e. The van der Waals surface area contributed by atoms with E-state index in [0.29, 0.717) is 5.82 Å². The van der Waals surface area contributed by atoms with Crippen molar-refractivity contribution in [2.75, 3.05) is 4.90 Å². The van der Waals surface area contributed by atoms with Crippen LogP contribution in [-0.4, -0.2) is 15.0 Å². The van der Waals surface area contributed by atoms with Crippen LogP contribution in [0.4, 0.5) is 17.1 Å².